The van der Waals surface area contributed by atoms with Gasteiger partial charge < -0.3 is 19.3 Å². The highest BCUT2D eigenvalue weighted by atomic mass is 79.9. The smallest absolute Gasteiger partial charge is 0.253 e. The first kappa shape index (κ1) is 18.3. The van der Waals surface area contributed by atoms with Crippen molar-refractivity contribution in [3.05, 3.63) is 52.8 Å². The van der Waals surface area contributed by atoms with Gasteiger partial charge in [-0.25, -0.2) is 0 Å². The molecule has 1 aromatic carbocycles. The Balaban J connectivity index is 1.36. The summed E-state index contributed by atoms with van der Waals surface area (Å²) in [5.41, 5.74) is 1.86. The molecule has 2 saturated heterocycles. The van der Waals surface area contributed by atoms with E-state index in [4.69, 9.17) is 9.47 Å². The predicted octanol–water partition coefficient (Wildman–Crippen LogP) is 2.97. The number of carbonyl (C=O) groups is 1. The van der Waals surface area contributed by atoms with Crippen LogP contribution in [0.1, 0.15) is 16.8 Å². The largest absolute Gasteiger partial charge is 0.487 e. The van der Waals surface area contributed by atoms with Crippen LogP contribution in [0.15, 0.2) is 47.2 Å². The lowest BCUT2D eigenvalue weighted by Crippen LogP contribution is -2.36. The summed E-state index contributed by atoms with van der Waals surface area (Å²) in [6.45, 7) is 4.59. The molecule has 7 heteroatoms. The minimum atomic E-state index is 0.000253. The summed E-state index contributed by atoms with van der Waals surface area (Å²) < 4.78 is 12.2. The minimum Gasteiger partial charge on any atom is -0.487 e. The van der Waals surface area contributed by atoms with Gasteiger partial charge in [-0.15, -0.1) is 0 Å². The van der Waals surface area contributed by atoms with E-state index in [1.54, 1.807) is 12.4 Å². The zero-order valence-electron chi connectivity index (χ0n) is 15.0. The van der Waals surface area contributed by atoms with Crippen LogP contribution >= 0.6 is 15.9 Å². The third-order valence-electron chi connectivity index (χ3n) is 4.95. The van der Waals surface area contributed by atoms with E-state index in [1.807, 2.05) is 35.2 Å². The number of nitrogens with zero attached hydrogens (tertiary/aromatic N) is 3. The van der Waals surface area contributed by atoms with Crippen molar-refractivity contribution in [2.75, 3.05) is 44.3 Å². The predicted molar refractivity (Wildman–Crippen MR) is 106 cm³/mol. The van der Waals surface area contributed by atoms with E-state index < -0.39 is 0 Å². The van der Waals surface area contributed by atoms with Crippen LogP contribution < -0.4 is 9.64 Å². The standard InChI is InChI=1S/C20H22BrN3O3/c21-18-13-22-7-5-19(18)27-17-6-8-24(14-17)20(25)15-1-3-16(4-2-15)23-9-11-26-12-10-23/h1-5,7,13,17H,6,8-12,14H2. The molecule has 1 atom stereocenters. The second kappa shape index (κ2) is 8.27. The van der Waals surface area contributed by atoms with Crippen molar-refractivity contribution in [1.82, 2.24) is 9.88 Å². The summed E-state index contributed by atoms with van der Waals surface area (Å²) in [6, 6.07) is 9.72. The molecule has 2 aliphatic rings. The maximum atomic E-state index is 12.8. The number of aromatic nitrogens is 1. The second-order valence-electron chi connectivity index (χ2n) is 6.73. The van der Waals surface area contributed by atoms with Crippen LogP contribution in [0, 0.1) is 0 Å². The van der Waals surface area contributed by atoms with Gasteiger partial charge >= 0.3 is 0 Å². The highest BCUT2D eigenvalue weighted by Gasteiger charge is 2.28. The monoisotopic (exact) mass is 431 g/mol. The number of anilines is 1. The number of likely N-dealkylation sites (tertiary alicyclic amines) is 1. The van der Waals surface area contributed by atoms with Crippen molar-refractivity contribution in [3.63, 3.8) is 0 Å². The number of hydrogen-bond acceptors (Lipinski definition) is 5. The van der Waals surface area contributed by atoms with Gasteiger partial charge in [0.15, 0.2) is 0 Å². The summed E-state index contributed by atoms with van der Waals surface area (Å²) in [6.07, 6.45) is 4.24. The van der Waals surface area contributed by atoms with E-state index in [0.717, 1.165) is 54.2 Å². The normalized spacial score (nSPS) is 20.0. The number of pyridine rings is 1. The Morgan fingerprint density at radius 3 is 2.67 bits per heavy atom. The molecule has 1 aromatic heterocycles. The van der Waals surface area contributed by atoms with Crippen LogP contribution in [0.4, 0.5) is 5.69 Å². The van der Waals surface area contributed by atoms with Crippen LogP contribution in [0.3, 0.4) is 0 Å². The highest BCUT2D eigenvalue weighted by Crippen LogP contribution is 2.27. The SMILES string of the molecule is O=C(c1ccc(N2CCOCC2)cc1)N1CCC(Oc2ccncc2Br)C1. The Morgan fingerprint density at radius 1 is 1.15 bits per heavy atom. The van der Waals surface area contributed by atoms with Crippen LogP contribution in [0.2, 0.25) is 0 Å². The molecule has 6 nitrogen and oxygen atoms in total. The lowest BCUT2D eigenvalue weighted by molar-refractivity contribution is 0.0772. The van der Waals surface area contributed by atoms with Crippen molar-refractivity contribution in [2.45, 2.75) is 12.5 Å². The number of ether oxygens (including phenoxy) is 2. The topological polar surface area (TPSA) is 54.9 Å². The van der Waals surface area contributed by atoms with Crippen LogP contribution in [-0.2, 0) is 4.74 Å². The molecule has 4 rings (SSSR count). The number of rotatable bonds is 4. The van der Waals surface area contributed by atoms with Crippen molar-refractivity contribution < 1.29 is 14.3 Å². The van der Waals surface area contributed by atoms with Crippen LogP contribution in [0.5, 0.6) is 5.75 Å². The number of carbonyl (C=O) groups excluding carboxylic acids is 1. The van der Waals surface area contributed by atoms with Gasteiger partial charge in [0.2, 0.25) is 0 Å². The molecule has 1 amide bonds. The fourth-order valence-electron chi connectivity index (χ4n) is 3.47. The maximum Gasteiger partial charge on any atom is 0.253 e. The molecule has 0 aliphatic carbocycles. The Hall–Kier alpha value is -2.12. The average Bonchev–Trinajstić information content (AvgIpc) is 3.18. The summed E-state index contributed by atoms with van der Waals surface area (Å²) in [4.78, 5) is 21.0. The first-order valence-electron chi connectivity index (χ1n) is 9.19. The number of halogens is 1. The Morgan fingerprint density at radius 2 is 1.93 bits per heavy atom. The van der Waals surface area contributed by atoms with Gasteiger partial charge in [-0.1, -0.05) is 0 Å². The van der Waals surface area contributed by atoms with E-state index in [2.05, 4.69) is 25.8 Å². The van der Waals surface area contributed by atoms with Crippen LogP contribution in [0.25, 0.3) is 0 Å². The fraction of sp³-hybridized carbons (Fsp3) is 0.400. The third-order valence-corrected chi connectivity index (χ3v) is 5.55. The molecule has 1 unspecified atom stereocenters. The molecule has 0 N–H and O–H groups in total. The van der Waals surface area contributed by atoms with Crippen molar-refractivity contribution in [2.24, 2.45) is 0 Å². The number of amides is 1. The maximum absolute atomic E-state index is 12.8. The number of morpholine rings is 1. The molecule has 0 saturated carbocycles. The molecule has 2 fully saturated rings. The summed E-state index contributed by atoms with van der Waals surface area (Å²) in [5.74, 6) is 0.822. The fourth-order valence-corrected chi connectivity index (χ4v) is 3.81. The molecule has 2 aliphatic heterocycles. The molecular weight excluding hydrogens is 410 g/mol. The minimum absolute atomic E-state index is 0.000253. The van der Waals surface area contributed by atoms with Crippen LogP contribution in [-0.4, -0.2) is 61.3 Å². The first-order chi connectivity index (χ1) is 13.2. The molecule has 142 valence electrons. The second-order valence-corrected chi connectivity index (χ2v) is 7.59. The zero-order valence-corrected chi connectivity index (χ0v) is 16.6. The first-order valence-corrected chi connectivity index (χ1v) is 9.98. The van der Waals surface area contributed by atoms with Gasteiger partial charge in [-0.2, -0.15) is 0 Å². The van der Waals surface area contributed by atoms with E-state index in [9.17, 15) is 4.79 Å². The number of hydrogen-bond donors (Lipinski definition) is 0. The lowest BCUT2D eigenvalue weighted by Gasteiger charge is -2.29. The molecule has 2 aromatic rings. The molecule has 3 heterocycles. The Bertz CT molecular complexity index is 793. The van der Waals surface area contributed by atoms with Crippen molar-refractivity contribution in [3.8, 4) is 5.75 Å². The van der Waals surface area contributed by atoms with Gasteiger partial charge in [0.25, 0.3) is 5.91 Å². The van der Waals surface area contributed by atoms with Gasteiger partial charge in [0.1, 0.15) is 11.9 Å². The van der Waals surface area contributed by atoms with E-state index in [1.165, 1.54) is 0 Å². The van der Waals surface area contributed by atoms with E-state index in [0.29, 0.717) is 13.1 Å². The van der Waals surface area contributed by atoms with Gasteiger partial charge in [0, 0.05) is 49.7 Å². The summed E-state index contributed by atoms with van der Waals surface area (Å²) >= 11 is 3.44. The molecule has 27 heavy (non-hydrogen) atoms. The van der Waals surface area contributed by atoms with Gasteiger partial charge in [-0.05, 0) is 46.3 Å². The van der Waals surface area contributed by atoms with E-state index in [-0.39, 0.29) is 12.0 Å². The third kappa shape index (κ3) is 4.25. The Labute approximate surface area is 167 Å². The molecule has 0 radical (unpaired) electrons. The number of benzene rings is 1. The Kier molecular flexibility index (Phi) is 5.59. The average molecular weight is 432 g/mol. The molecule has 0 bridgehead atoms. The molecule has 0 spiro atoms. The highest BCUT2D eigenvalue weighted by molar-refractivity contribution is 9.10. The van der Waals surface area contributed by atoms with Crippen molar-refractivity contribution in [1.29, 1.82) is 0 Å². The summed E-state index contributed by atoms with van der Waals surface area (Å²) in [5, 5.41) is 0. The van der Waals surface area contributed by atoms with E-state index >= 15 is 0 Å². The summed E-state index contributed by atoms with van der Waals surface area (Å²) in [7, 11) is 0. The quantitative estimate of drug-likeness (QED) is 0.744. The zero-order chi connectivity index (χ0) is 18.6. The van der Waals surface area contributed by atoms with Gasteiger partial charge in [-0.3, -0.25) is 9.78 Å². The molecular formula is C20H22BrN3O3. The van der Waals surface area contributed by atoms with Gasteiger partial charge in [0.05, 0.1) is 24.2 Å². The lowest BCUT2D eigenvalue weighted by atomic mass is 10.1. The van der Waals surface area contributed by atoms with Crippen molar-refractivity contribution >= 4 is 27.5 Å².